The number of benzene rings is 3. The number of carboxylic acids is 1. The molecule has 0 aliphatic carbocycles. The number of nitrogens with zero attached hydrogens (tertiary/aromatic N) is 1. The number of nitrogens with one attached hydrogen (secondary N) is 1. The van der Waals surface area contributed by atoms with E-state index in [1.165, 1.54) is 16.3 Å². The Labute approximate surface area is 230 Å². The molecule has 0 aliphatic rings. The van der Waals surface area contributed by atoms with Crippen molar-refractivity contribution in [3.8, 4) is 11.8 Å². The topological polar surface area (TPSA) is 103 Å². The Morgan fingerprint density at radius 1 is 1.14 bits per heavy atom. The van der Waals surface area contributed by atoms with Crippen LogP contribution in [0.3, 0.4) is 0 Å². The van der Waals surface area contributed by atoms with Crippen LogP contribution < -0.4 is 39.6 Å². The molecule has 3 aromatic rings. The Kier molecular flexibility index (Phi) is 11.2. The van der Waals surface area contributed by atoms with Gasteiger partial charge in [0, 0.05) is 18.5 Å². The van der Waals surface area contributed by atoms with E-state index >= 15 is 0 Å². The van der Waals surface area contributed by atoms with Crippen molar-refractivity contribution < 1.29 is 50.7 Å². The smallest absolute Gasteiger partial charge is 1.00 e. The summed E-state index contributed by atoms with van der Waals surface area (Å²) in [5, 5.41) is 34.7. The maximum Gasteiger partial charge on any atom is 1.00 e. The van der Waals surface area contributed by atoms with Gasteiger partial charge in [-0.25, -0.2) is 0 Å². The fraction of sp³-hybridized carbons (Fsp3) is 0.357. The summed E-state index contributed by atoms with van der Waals surface area (Å²) in [5.74, 6) is -0.449. The van der Waals surface area contributed by atoms with Gasteiger partial charge in [-0.05, 0) is 61.1 Å². The molecular weight excluding hydrogens is 451 g/mol. The SMILES string of the molecule is CC(C)(Cc1ccc2ccccc2c1)NCC(O)COc1cccc(CCCC(=O)O)c1C#N.[H-].[Na+]. The number of hydrogen-bond donors (Lipinski definition) is 3. The van der Waals surface area contributed by atoms with Crippen LogP contribution in [0.2, 0.25) is 0 Å². The first-order valence-electron chi connectivity index (χ1n) is 11.5. The molecule has 7 heteroatoms. The van der Waals surface area contributed by atoms with Crippen LogP contribution in [0.4, 0.5) is 0 Å². The van der Waals surface area contributed by atoms with Crippen molar-refractivity contribution in [1.82, 2.24) is 5.32 Å². The summed E-state index contributed by atoms with van der Waals surface area (Å²) >= 11 is 0. The Morgan fingerprint density at radius 2 is 1.89 bits per heavy atom. The number of carbonyl (C=O) groups is 1. The van der Waals surface area contributed by atoms with E-state index in [1.54, 1.807) is 18.2 Å². The molecule has 0 fully saturated rings. The van der Waals surface area contributed by atoms with Crippen LogP contribution in [0, 0.1) is 11.3 Å². The maximum absolute atomic E-state index is 10.8. The molecule has 0 aromatic heterocycles. The van der Waals surface area contributed by atoms with Crippen LogP contribution in [-0.2, 0) is 17.6 Å². The van der Waals surface area contributed by atoms with Crippen molar-refractivity contribution in [2.24, 2.45) is 0 Å². The van der Waals surface area contributed by atoms with Crippen LogP contribution >= 0.6 is 0 Å². The number of carboxylic acid groups (broad SMARTS) is 1. The molecule has 3 rings (SSSR count). The van der Waals surface area contributed by atoms with E-state index in [0.717, 1.165) is 12.0 Å². The van der Waals surface area contributed by atoms with E-state index in [-0.39, 0.29) is 49.6 Å². The van der Waals surface area contributed by atoms with Gasteiger partial charge in [0.15, 0.2) is 0 Å². The van der Waals surface area contributed by atoms with Crippen LogP contribution in [0.15, 0.2) is 60.7 Å². The fourth-order valence-electron chi connectivity index (χ4n) is 4.02. The predicted molar refractivity (Wildman–Crippen MR) is 134 cm³/mol. The van der Waals surface area contributed by atoms with Gasteiger partial charge < -0.3 is 21.7 Å². The molecule has 1 unspecified atom stereocenters. The number of ether oxygens (including phenoxy) is 1. The van der Waals surface area contributed by atoms with Crippen LogP contribution in [0.5, 0.6) is 5.75 Å². The summed E-state index contributed by atoms with van der Waals surface area (Å²) < 4.78 is 5.76. The van der Waals surface area contributed by atoms with E-state index in [2.05, 4.69) is 55.6 Å². The molecule has 3 aromatic carbocycles. The first kappa shape index (κ1) is 28.8. The maximum atomic E-state index is 10.8. The summed E-state index contributed by atoms with van der Waals surface area (Å²) in [6.07, 6.45) is 1.04. The molecule has 0 aliphatic heterocycles. The van der Waals surface area contributed by atoms with Crippen LogP contribution in [0.25, 0.3) is 10.8 Å². The van der Waals surface area contributed by atoms with E-state index in [9.17, 15) is 15.2 Å². The van der Waals surface area contributed by atoms with Gasteiger partial charge in [-0.1, -0.05) is 54.6 Å². The van der Waals surface area contributed by atoms with Crippen molar-refractivity contribution in [1.29, 1.82) is 5.26 Å². The number of rotatable bonds is 12. The van der Waals surface area contributed by atoms with Crippen molar-refractivity contribution >= 4 is 16.7 Å². The molecule has 0 radical (unpaired) electrons. The first-order chi connectivity index (χ1) is 16.3. The Balaban J connectivity index is 0.00000324. The minimum absolute atomic E-state index is 0. The van der Waals surface area contributed by atoms with Gasteiger partial charge in [0.1, 0.15) is 24.5 Å². The van der Waals surface area contributed by atoms with E-state index in [4.69, 9.17) is 9.84 Å². The number of aliphatic hydroxyl groups excluding tert-OH is 1. The summed E-state index contributed by atoms with van der Waals surface area (Å²) in [4.78, 5) is 10.8. The normalized spacial score (nSPS) is 11.9. The van der Waals surface area contributed by atoms with Crippen LogP contribution in [-0.4, -0.2) is 41.0 Å². The third-order valence-electron chi connectivity index (χ3n) is 5.77. The Hall–Kier alpha value is -2.40. The predicted octanol–water partition coefficient (Wildman–Crippen LogP) is 1.59. The molecule has 0 amide bonds. The number of aryl methyl sites for hydroxylation is 1. The Morgan fingerprint density at radius 3 is 2.60 bits per heavy atom. The molecular formula is C28H33N2NaO4. The number of β-amino-alcohol motifs (C(OH)–C–C–N with tert-alkyl or cyclic N) is 1. The zero-order valence-electron chi connectivity index (χ0n) is 21.8. The molecule has 0 spiro atoms. The van der Waals surface area contributed by atoms with E-state index in [0.29, 0.717) is 30.7 Å². The molecule has 0 heterocycles. The number of aliphatic carboxylic acids is 1. The largest absolute Gasteiger partial charge is 1.00 e. The molecule has 0 saturated carbocycles. The number of aliphatic hydroxyl groups is 1. The van der Waals surface area contributed by atoms with E-state index < -0.39 is 12.1 Å². The van der Waals surface area contributed by atoms with Crippen molar-refractivity contribution in [3.05, 3.63) is 77.4 Å². The Bertz CT molecular complexity index is 1180. The second-order valence-electron chi connectivity index (χ2n) is 9.24. The molecule has 1 atom stereocenters. The van der Waals surface area contributed by atoms with Crippen LogP contribution in [0.1, 0.15) is 44.8 Å². The molecule has 0 bridgehead atoms. The molecule has 6 nitrogen and oxygen atoms in total. The average molecular weight is 485 g/mol. The quantitative estimate of drug-likeness (QED) is 0.338. The first-order valence-corrected chi connectivity index (χ1v) is 11.5. The number of nitriles is 1. The van der Waals surface area contributed by atoms with Gasteiger partial charge in [0.05, 0.1) is 5.56 Å². The summed E-state index contributed by atoms with van der Waals surface area (Å²) in [7, 11) is 0. The van der Waals surface area contributed by atoms with Gasteiger partial charge in [0.2, 0.25) is 0 Å². The standard InChI is InChI=1S/C28H32N2O4.Na.H/c1-28(2,16-20-13-14-21-7-3-4-8-23(21)15-20)30-18-24(31)19-34-26-11-5-9-22(25(26)17-29)10-6-12-27(32)33;;/h3-5,7-9,11,13-15,24,30-31H,6,10,12,16,18-19H2,1-2H3,(H,32,33);;/q;+1;-1. The number of hydrogen-bond acceptors (Lipinski definition) is 5. The monoisotopic (exact) mass is 484 g/mol. The van der Waals surface area contributed by atoms with Gasteiger partial charge >= 0.3 is 35.5 Å². The fourth-order valence-corrected chi connectivity index (χ4v) is 4.02. The second-order valence-corrected chi connectivity index (χ2v) is 9.24. The van der Waals surface area contributed by atoms with Crippen molar-refractivity contribution in [3.63, 3.8) is 0 Å². The summed E-state index contributed by atoms with van der Waals surface area (Å²) in [6, 6.07) is 22.2. The minimum Gasteiger partial charge on any atom is -1.00 e. The average Bonchev–Trinajstić information content (AvgIpc) is 2.81. The summed E-state index contributed by atoms with van der Waals surface area (Å²) in [5.41, 5.74) is 2.14. The van der Waals surface area contributed by atoms with Gasteiger partial charge in [-0.3, -0.25) is 4.79 Å². The second kappa shape index (κ2) is 13.6. The third-order valence-corrected chi connectivity index (χ3v) is 5.77. The number of fused-ring (bicyclic) bond motifs is 1. The summed E-state index contributed by atoms with van der Waals surface area (Å²) in [6.45, 7) is 4.60. The molecule has 35 heavy (non-hydrogen) atoms. The van der Waals surface area contributed by atoms with Gasteiger partial charge in [-0.15, -0.1) is 0 Å². The zero-order chi connectivity index (χ0) is 24.6. The van der Waals surface area contributed by atoms with Crippen molar-refractivity contribution in [2.45, 2.75) is 51.2 Å². The molecule has 0 saturated heterocycles. The van der Waals surface area contributed by atoms with Crippen molar-refractivity contribution in [2.75, 3.05) is 13.2 Å². The minimum atomic E-state index is -0.856. The molecule has 3 N–H and O–H groups in total. The van der Waals surface area contributed by atoms with E-state index in [1.807, 2.05) is 12.1 Å². The molecule has 180 valence electrons. The zero-order valence-corrected chi connectivity index (χ0v) is 22.8. The van der Waals surface area contributed by atoms with Gasteiger partial charge in [0.25, 0.3) is 0 Å². The van der Waals surface area contributed by atoms with Gasteiger partial charge in [-0.2, -0.15) is 5.26 Å². The third kappa shape index (κ3) is 8.96.